The van der Waals surface area contributed by atoms with Gasteiger partial charge in [0, 0.05) is 11.8 Å². The molecule has 0 aliphatic heterocycles. The number of sulfone groups is 1. The predicted molar refractivity (Wildman–Crippen MR) is 88.7 cm³/mol. The number of rotatable bonds is 8. The molecule has 0 saturated carbocycles. The summed E-state index contributed by atoms with van der Waals surface area (Å²) in [5, 5.41) is 11.4. The summed E-state index contributed by atoms with van der Waals surface area (Å²) in [7, 11) is -3.28. The van der Waals surface area contributed by atoms with Crippen LogP contribution in [0, 0.1) is 6.92 Å². The zero-order chi connectivity index (χ0) is 17.5. The molecule has 0 aliphatic carbocycles. The molecule has 2 N–H and O–H groups in total. The third-order valence-electron chi connectivity index (χ3n) is 3.28. The molecule has 0 aromatic heterocycles. The van der Waals surface area contributed by atoms with Crippen molar-refractivity contribution >= 4 is 27.8 Å². The van der Waals surface area contributed by atoms with Gasteiger partial charge >= 0.3 is 5.97 Å². The van der Waals surface area contributed by atoms with Crippen LogP contribution in [0.5, 0.6) is 0 Å². The van der Waals surface area contributed by atoms with Gasteiger partial charge in [-0.3, -0.25) is 4.79 Å². The number of aryl methyl sites for hydroxylation is 1. The van der Waals surface area contributed by atoms with Gasteiger partial charge in [0.1, 0.15) is 15.9 Å². The second-order valence-corrected chi connectivity index (χ2v) is 7.64. The van der Waals surface area contributed by atoms with Crippen LogP contribution in [-0.4, -0.2) is 42.9 Å². The normalized spacial score (nSPS) is 13.0. The first-order valence-corrected chi connectivity index (χ1v) is 9.04. The Bertz CT molecular complexity index is 677. The van der Waals surface area contributed by atoms with Gasteiger partial charge in [-0.05, 0) is 25.0 Å². The number of hydrogen-bond acceptors (Lipinski definition) is 4. The highest BCUT2D eigenvalue weighted by atomic mass is 32.2. The summed E-state index contributed by atoms with van der Waals surface area (Å²) in [5.74, 6) is -2.16. The van der Waals surface area contributed by atoms with E-state index in [1.807, 2.05) is 31.2 Å². The van der Waals surface area contributed by atoms with Crippen LogP contribution in [0.25, 0.3) is 6.08 Å². The van der Waals surface area contributed by atoms with Crippen LogP contribution in [0.4, 0.5) is 0 Å². The molecule has 1 atom stereocenters. The first-order chi connectivity index (χ1) is 10.7. The molecule has 0 radical (unpaired) electrons. The van der Waals surface area contributed by atoms with Crippen molar-refractivity contribution in [2.45, 2.75) is 26.3 Å². The van der Waals surface area contributed by atoms with E-state index in [0.29, 0.717) is 0 Å². The van der Waals surface area contributed by atoms with Crippen LogP contribution in [0.15, 0.2) is 30.3 Å². The highest BCUT2D eigenvalue weighted by Gasteiger charge is 2.21. The summed E-state index contributed by atoms with van der Waals surface area (Å²) in [6.45, 7) is 3.44. The predicted octanol–water partition coefficient (Wildman–Crippen LogP) is 1.40. The minimum atomic E-state index is -3.28. The van der Waals surface area contributed by atoms with Gasteiger partial charge in [-0.15, -0.1) is 0 Å². The number of carboxylic acid groups (broad SMARTS) is 1. The molecule has 1 amide bonds. The van der Waals surface area contributed by atoms with Crippen molar-refractivity contribution in [1.29, 1.82) is 0 Å². The molecule has 0 heterocycles. The van der Waals surface area contributed by atoms with Crippen molar-refractivity contribution in [1.82, 2.24) is 5.32 Å². The highest BCUT2D eigenvalue weighted by molar-refractivity contribution is 7.91. The number of hydrogen-bond donors (Lipinski definition) is 2. The van der Waals surface area contributed by atoms with Crippen LogP contribution >= 0.6 is 0 Å². The molecule has 0 bridgehead atoms. The summed E-state index contributed by atoms with van der Waals surface area (Å²) >= 11 is 0. The second kappa shape index (κ2) is 8.47. The summed E-state index contributed by atoms with van der Waals surface area (Å²) in [6.07, 6.45) is 2.64. The van der Waals surface area contributed by atoms with E-state index in [0.717, 1.165) is 11.1 Å². The van der Waals surface area contributed by atoms with E-state index in [-0.39, 0.29) is 17.9 Å². The number of carbonyl (C=O) groups is 2. The van der Waals surface area contributed by atoms with Gasteiger partial charge in [-0.25, -0.2) is 13.2 Å². The van der Waals surface area contributed by atoms with Crippen LogP contribution in [0.2, 0.25) is 0 Å². The summed E-state index contributed by atoms with van der Waals surface area (Å²) < 4.78 is 22.9. The summed E-state index contributed by atoms with van der Waals surface area (Å²) in [5.41, 5.74) is 1.90. The number of amides is 1. The van der Waals surface area contributed by atoms with Crippen molar-refractivity contribution in [2.75, 3.05) is 11.5 Å². The molecular weight excluding hydrogens is 318 g/mol. The Balaban J connectivity index is 2.63. The summed E-state index contributed by atoms with van der Waals surface area (Å²) in [6, 6.07) is 6.23. The fourth-order valence-corrected chi connectivity index (χ4v) is 2.65. The molecule has 7 heteroatoms. The Morgan fingerprint density at radius 3 is 2.39 bits per heavy atom. The van der Waals surface area contributed by atoms with E-state index in [1.165, 1.54) is 13.0 Å². The maximum atomic E-state index is 11.8. The molecule has 1 unspecified atom stereocenters. The van der Waals surface area contributed by atoms with Crippen LogP contribution < -0.4 is 5.32 Å². The molecule has 6 nitrogen and oxygen atoms in total. The number of carbonyl (C=O) groups excluding carboxylic acids is 1. The minimum Gasteiger partial charge on any atom is -0.480 e. The number of carboxylic acids is 1. The Kier molecular flexibility index (Phi) is 6.96. The SMILES string of the molecule is CCS(=O)(=O)CCC(NC(=O)/C=C/c1ccc(C)cc1)C(=O)O. The topological polar surface area (TPSA) is 101 Å². The maximum absolute atomic E-state index is 11.8. The molecule has 1 aromatic rings. The average Bonchev–Trinajstić information content (AvgIpc) is 2.50. The zero-order valence-electron chi connectivity index (χ0n) is 13.2. The first-order valence-electron chi connectivity index (χ1n) is 7.22. The van der Waals surface area contributed by atoms with Crippen molar-refractivity contribution in [3.05, 3.63) is 41.5 Å². The minimum absolute atomic E-state index is 0.0549. The van der Waals surface area contributed by atoms with E-state index in [2.05, 4.69) is 5.32 Å². The molecule has 23 heavy (non-hydrogen) atoms. The van der Waals surface area contributed by atoms with Gasteiger partial charge in [0.2, 0.25) is 5.91 Å². The Hall–Kier alpha value is -2.15. The quantitative estimate of drug-likeness (QED) is 0.697. The van der Waals surface area contributed by atoms with Gasteiger partial charge < -0.3 is 10.4 Å². The Labute approximate surface area is 136 Å². The third-order valence-corrected chi connectivity index (χ3v) is 5.01. The fraction of sp³-hybridized carbons (Fsp3) is 0.375. The number of benzene rings is 1. The van der Waals surface area contributed by atoms with Gasteiger partial charge in [0.05, 0.1) is 5.75 Å². The van der Waals surface area contributed by atoms with Crippen LogP contribution in [-0.2, 0) is 19.4 Å². The molecule has 0 aliphatic rings. The first kappa shape index (κ1) is 18.9. The lowest BCUT2D eigenvalue weighted by Crippen LogP contribution is -2.41. The van der Waals surface area contributed by atoms with Crippen LogP contribution in [0.1, 0.15) is 24.5 Å². The smallest absolute Gasteiger partial charge is 0.326 e. The Morgan fingerprint density at radius 2 is 1.87 bits per heavy atom. The van der Waals surface area contributed by atoms with Crippen LogP contribution in [0.3, 0.4) is 0 Å². The molecule has 126 valence electrons. The van der Waals surface area contributed by atoms with Crippen molar-refractivity contribution in [3.8, 4) is 0 Å². The van der Waals surface area contributed by atoms with Gasteiger partial charge in [-0.2, -0.15) is 0 Å². The standard InChI is InChI=1S/C16H21NO5S/c1-3-23(21,22)11-10-14(16(19)20)17-15(18)9-8-13-6-4-12(2)5-7-13/h4-9,14H,3,10-11H2,1-2H3,(H,17,18)(H,19,20)/b9-8+. The fourth-order valence-electron chi connectivity index (χ4n) is 1.77. The molecule has 0 saturated heterocycles. The lowest BCUT2D eigenvalue weighted by molar-refractivity contribution is -0.141. The number of aliphatic carboxylic acids is 1. The number of nitrogens with one attached hydrogen (secondary N) is 1. The average molecular weight is 339 g/mol. The van der Waals surface area contributed by atoms with E-state index < -0.39 is 27.8 Å². The van der Waals surface area contributed by atoms with E-state index in [9.17, 15) is 18.0 Å². The van der Waals surface area contributed by atoms with Crippen molar-refractivity contribution < 1.29 is 23.1 Å². The zero-order valence-corrected chi connectivity index (χ0v) is 14.0. The molecular formula is C16H21NO5S. The third kappa shape index (κ3) is 7.10. The van der Waals surface area contributed by atoms with Gasteiger partial charge in [-0.1, -0.05) is 36.8 Å². The molecule has 1 rings (SSSR count). The lowest BCUT2D eigenvalue weighted by atomic mass is 10.1. The van der Waals surface area contributed by atoms with Crippen molar-refractivity contribution in [2.24, 2.45) is 0 Å². The lowest BCUT2D eigenvalue weighted by Gasteiger charge is -2.13. The molecule has 1 aromatic carbocycles. The maximum Gasteiger partial charge on any atom is 0.326 e. The monoisotopic (exact) mass is 339 g/mol. The molecule has 0 spiro atoms. The second-order valence-electron chi connectivity index (χ2n) is 5.17. The van der Waals surface area contributed by atoms with E-state index >= 15 is 0 Å². The molecule has 0 fully saturated rings. The van der Waals surface area contributed by atoms with Gasteiger partial charge in [0.25, 0.3) is 0 Å². The van der Waals surface area contributed by atoms with E-state index in [1.54, 1.807) is 6.08 Å². The highest BCUT2D eigenvalue weighted by Crippen LogP contribution is 2.05. The van der Waals surface area contributed by atoms with E-state index in [4.69, 9.17) is 5.11 Å². The van der Waals surface area contributed by atoms with Gasteiger partial charge in [0.15, 0.2) is 0 Å². The Morgan fingerprint density at radius 1 is 1.26 bits per heavy atom. The largest absolute Gasteiger partial charge is 0.480 e. The van der Waals surface area contributed by atoms with Crippen molar-refractivity contribution in [3.63, 3.8) is 0 Å². The summed E-state index contributed by atoms with van der Waals surface area (Å²) in [4.78, 5) is 22.9.